The number of rotatable bonds is 7. The van der Waals surface area contributed by atoms with Crippen molar-refractivity contribution in [3.05, 3.63) is 6.17 Å². The molecule has 0 aromatic rings. The van der Waals surface area contributed by atoms with Crippen LogP contribution in [-0.4, -0.2) is 12.8 Å². The van der Waals surface area contributed by atoms with E-state index in [1.54, 1.807) is 0 Å². The van der Waals surface area contributed by atoms with Gasteiger partial charge in [0.05, 0.1) is 0 Å². The van der Waals surface area contributed by atoms with Crippen molar-refractivity contribution in [2.45, 2.75) is 26.2 Å². The highest BCUT2D eigenvalue weighted by atomic mass is 16.1. The van der Waals surface area contributed by atoms with Crippen LogP contribution in [-0.2, 0) is 9.59 Å². The van der Waals surface area contributed by atoms with Gasteiger partial charge < -0.3 is 10.6 Å². The minimum absolute atomic E-state index is 0.557. The molecule has 0 aliphatic carbocycles. The van der Waals surface area contributed by atoms with Crippen molar-refractivity contribution in [1.82, 2.24) is 10.6 Å². The van der Waals surface area contributed by atoms with Crippen LogP contribution in [0.3, 0.4) is 0 Å². The summed E-state index contributed by atoms with van der Waals surface area (Å²) in [7, 11) is 0. The van der Waals surface area contributed by atoms with Crippen molar-refractivity contribution >= 4 is 12.8 Å². The number of unbranched alkanes of at least 4 members (excludes halogenated alkanes) is 1. The summed E-state index contributed by atoms with van der Waals surface area (Å²) in [5, 5.41) is 4.82. The molecule has 0 aliphatic heterocycles. The van der Waals surface area contributed by atoms with E-state index >= 15 is 0 Å². The maximum absolute atomic E-state index is 9.97. The SMILES string of the molecule is CCCC[C](NC=O)NC=O. The first-order valence-corrected chi connectivity index (χ1v) is 3.61. The lowest BCUT2D eigenvalue weighted by Gasteiger charge is -2.11. The quantitative estimate of drug-likeness (QED) is 0.517. The van der Waals surface area contributed by atoms with E-state index in [0.717, 1.165) is 12.8 Å². The predicted molar refractivity (Wildman–Crippen MR) is 41.2 cm³/mol. The van der Waals surface area contributed by atoms with Gasteiger partial charge in [0.2, 0.25) is 12.8 Å². The molecule has 2 N–H and O–H groups in total. The van der Waals surface area contributed by atoms with Crippen molar-refractivity contribution < 1.29 is 9.59 Å². The molecule has 0 saturated carbocycles. The maximum atomic E-state index is 9.97. The van der Waals surface area contributed by atoms with Crippen LogP contribution < -0.4 is 10.6 Å². The average molecular weight is 157 g/mol. The van der Waals surface area contributed by atoms with Crippen LogP contribution >= 0.6 is 0 Å². The molecule has 2 amide bonds. The molecule has 11 heavy (non-hydrogen) atoms. The number of hydrogen-bond acceptors (Lipinski definition) is 2. The largest absolute Gasteiger partial charge is 0.332 e. The van der Waals surface area contributed by atoms with Gasteiger partial charge in [-0.05, 0) is 12.8 Å². The fourth-order valence-corrected chi connectivity index (χ4v) is 0.682. The summed E-state index contributed by atoms with van der Waals surface area (Å²) in [6, 6.07) is 0. The third-order valence-corrected chi connectivity index (χ3v) is 1.25. The molecule has 0 aliphatic rings. The molecule has 0 saturated heterocycles. The number of carbonyl (C=O) groups is 2. The Morgan fingerprint density at radius 1 is 1.27 bits per heavy atom. The van der Waals surface area contributed by atoms with Gasteiger partial charge in [-0.2, -0.15) is 0 Å². The highest BCUT2D eigenvalue weighted by Crippen LogP contribution is 2.01. The molecule has 0 atom stereocenters. The Morgan fingerprint density at radius 2 is 1.82 bits per heavy atom. The zero-order valence-electron chi connectivity index (χ0n) is 6.59. The van der Waals surface area contributed by atoms with Gasteiger partial charge >= 0.3 is 0 Å². The number of nitrogens with one attached hydrogen (secondary N) is 2. The second-order valence-corrected chi connectivity index (χ2v) is 2.11. The Kier molecular flexibility index (Phi) is 6.37. The van der Waals surface area contributed by atoms with E-state index in [1.165, 1.54) is 0 Å². The zero-order chi connectivity index (χ0) is 8.53. The molecule has 0 aromatic carbocycles. The molecule has 0 bridgehead atoms. The summed E-state index contributed by atoms with van der Waals surface area (Å²) in [5.74, 6) is 0. The third kappa shape index (κ3) is 5.39. The van der Waals surface area contributed by atoms with E-state index in [2.05, 4.69) is 10.6 Å². The van der Waals surface area contributed by atoms with Crippen molar-refractivity contribution in [3.63, 3.8) is 0 Å². The van der Waals surface area contributed by atoms with Crippen LogP contribution in [0, 0.1) is 6.17 Å². The maximum Gasteiger partial charge on any atom is 0.209 e. The number of amides is 2. The molecule has 0 fully saturated rings. The van der Waals surface area contributed by atoms with Gasteiger partial charge in [-0.25, -0.2) is 0 Å². The number of hydrogen-bond donors (Lipinski definition) is 2. The van der Waals surface area contributed by atoms with E-state index in [-0.39, 0.29) is 0 Å². The monoisotopic (exact) mass is 157 g/mol. The first-order chi connectivity index (χ1) is 5.35. The summed E-state index contributed by atoms with van der Waals surface area (Å²) >= 11 is 0. The molecule has 4 nitrogen and oxygen atoms in total. The van der Waals surface area contributed by atoms with Crippen LogP contribution in [0.2, 0.25) is 0 Å². The first kappa shape index (κ1) is 9.94. The van der Waals surface area contributed by atoms with Crippen molar-refractivity contribution in [1.29, 1.82) is 0 Å². The van der Waals surface area contributed by atoms with Crippen LogP contribution in [0.5, 0.6) is 0 Å². The topological polar surface area (TPSA) is 58.2 Å². The summed E-state index contributed by atoms with van der Waals surface area (Å²) in [4.78, 5) is 19.9. The lowest BCUT2D eigenvalue weighted by atomic mass is 10.2. The van der Waals surface area contributed by atoms with Crippen LogP contribution in [0.1, 0.15) is 26.2 Å². The van der Waals surface area contributed by atoms with Crippen molar-refractivity contribution in [2.24, 2.45) is 0 Å². The first-order valence-electron chi connectivity index (χ1n) is 3.61. The van der Waals surface area contributed by atoms with Crippen LogP contribution in [0.15, 0.2) is 0 Å². The minimum atomic E-state index is 0.557. The molecule has 1 radical (unpaired) electrons. The Balaban J connectivity index is 3.49. The van der Waals surface area contributed by atoms with Gasteiger partial charge in [-0.15, -0.1) is 0 Å². The third-order valence-electron chi connectivity index (χ3n) is 1.25. The van der Waals surface area contributed by atoms with Crippen molar-refractivity contribution in [2.75, 3.05) is 0 Å². The molecule has 0 spiro atoms. The standard InChI is InChI=1S/C7H13N2O2/c1-2-3-4-7(8-5-10)9-6-11/h5-6H,2-4H2,1H3,(H,8,10)(H,9,11). The molecule has 0 heterocycles. The predicted octanol–water partition coefficient (Wildman–Crippen LogP) is 0.158. The molecular weight excluding hydrogens is 144 g/mol. The normalized spacial score (nSPS) is 9.27. The highest BCUT2D eigenvalue weighted by molar-refractivity contribution is 5.53. The Bertz CT molecular complexity index is 107. The molecular formula is C7H13N2O2. The highest BCUT2D eigenvalue weighted by Gasteiger charge is 2.04. The lowest BCUT2D eigenvalue weighted by molar-refractivity contribution is -0.110. The van der Waals surface area contributed by atoms with Crippen LogP contribution in [0.25, 0.3) is 0 Å². The van der Waals surface area contributed by atoms with Crippen LogP contribution in [0.4, 0.5) is 0 Å². The fraction of sp³-hybridized carbons (Fsp3) is 0.571. The van der Waals surface area contributed by atoms with E-state index in [4.69, 9.17) is 0 Å². The molecule has 63 valence electrons. The van der Waals surface area contributed by atoms with E-state index in [9.17, 15) is 9.59 Å². The second-order valence-electron chi connectivity index (χ2n) is 2.11. The molecule has 4 heteroatoms. The van der Waals surface area contributed by atoms with Gasteiger partial charge in [0.1, 0.15) is 0 Å². The molecule has 0 aromatic heterocycles. The Morgan fingerprint density at radius 3 is 2.18 bits per heavy atom. The van der Waals surface area contributed by atoms with Gasteiger partial charge in [-0.3, -0.25) is 9.59 Å². The summed E-state index contributed by atoms with van der Waals surface area (Å²) < 4.78 is 0. The summed E-state index contributed by atoms with van der Waals surface area (Å²) in [5.41, 5.74) is 0. The van der Waals surface area contributed by atoms with Gasteiger partial charge in [0.15, 0.2) is 6.17 Å². The van der Waals surface area contributed by atoms with E-state index in [0.29, 0.717) is 25.4 Å². The van der Waals surface area contributed by atoms with Gasteiger partial charge in [-0.1, -0.05) is 13.3 Å². The van der Waals surface area contributed by atoms with Gasteiger partial charge in [0, 0.05) is 0 Å². The lowest BCUT2D eigenvalue weighted by Crippen LogP contribution is -2.32. The van der Waals surface area contributed by atoms with Crippen molar-refractivity contribution in [3.8, 4) is 0 Å². The Labute approximate surface area is 66.4 Å². The Hall–Kier alpha value is -1.06. The minimum Gasteiger partial charge on any atom is -0.332 e. The summed E-state index contributed by atoms with van der Waals surface area (Å²) in [6.45, 7) is 2.04. The average Bonchev–Trinajstić information content (AvgIpc) is 2.01. The molecule has 0 unspecified atom stereocenters. The smallest absolute Gasteiger partial charge is 0.209 e. The molecule has 0 rings (SSSR count). The number of carbonyl (C=O) groups excluding carboxylic acids is 2. The van der Waals surface area contributed by atoms with E-state index < -0.39 is 0 Å². The zero-order valence-corrected chi connectivity index (χ0v) is 6.59. The fourth-order valence-electron chi connectivity index (χ4n) is 0.682. The summed E-state index contributed by atoms with van der Waals surface area (Å²) in [6.07, 6.45) is 4.37. The second kappa shape index (κ2) is 7.05. The van der Waals surface area contributed by atoms with Gasteiger partial charge in [0.25, 0.3) is 0 Å². The van der Waals surface area contributed by atoms with E-state index in [1.807, 2.05) is 6.92 Å².